The average molecular weight is 258 g/mol. The molecule has 2 unspecified atom stereocenters. The molecule has 0 saturated carbocycles. The summed E-state index contributed by atoms with van der Waals surface area (Å²) in [5.74, 6) is 2.95. The first-order chi connectivity index (χ1) is 8.24. The van der Waals surface area contributed by atoms with Gasteiger partial charge in [-0.2, -0.15) is 12.6 Å². The maximum Gasteiger partial charge on any atom is 0.102 e. The van der Waals surface area contributed by atoms with Crippen molar-refractivity contribution in [3.05, 3.63) is 0 Å². The van der Waals surface area contributed by atoms with Crippen LogP contribution >= 0.6 is 12.6 Å². The third kappa shape index (κ3) is 4.90. The molecule has 0 bridgehead atoms. The minimum atomic E-state index is 0.721. The highest BCUT2D eigenvalue weighted by atomic mass is 32.1. The van der Waals surface area contributed by atoms with Crippen LogP contribution in [-0.2, 0) is 0 Å². The molecule has 1 aliphatic rings. The summed E-state index contributed by atoms with van der Waals surface area (Å²) in [6, 6.07) is 0. The van der Waals surface area contributed by atoms with Crippen LogP contribution in [0.25, 0.3) is 0 Å². The molecule has 0 spiro atoms. The van der Waals surface area contributed by atoms with Gasteiger partial charge in [-0.3, -0.25) is 4.99 Å². The molecule has 1 saturated heterocycles. The van der Waals surface area contributed by atoms with Gasteiger partial charge in [0.25, 0.3) is 0 Å². The number of thiol groups is 1. The second kappa shape index (κ2) is 9.81. The fourth-order valence-electron chi connectivity index (χ4n) is 2.90. The lowest BCUT2D eigenvalue weighted by Gasteiger charge is -2.39. The number of likely N-dealkylation sites (tertiary alicyclic amines) is 1. The SMILES string of the molecule is CCCC1CCN(C)C(=NC)C1CCC.CS. The van der Waals surface area contributed by atoms with E-state index in [2.05, 4.69) is 43.4 Å². The molecule has 0 amide bonds. The predicted octanol–water partition coefficient (Wildman–Crippen LogP) is 3.73. The summed E-state index contributed by atoms with van der Waals surface area (Å²) in [6.45, 7) is 5.77. The molecule has 0 aromatic carbocycles. The van der Waals surface area contributed by atoms with E-state index in [1.54, 1.807) is 6.26 Å². The van der Waals surface area contributed by atoms with Gasteiger partial charge in [-0.15, -0.1) is 0 Å². The maximum atomic E-state index is 4.50. The molecule has 102 valence electrons. The Hall–Kier alpha value is -0.180. The molecule has 2 atom stereocenters. The van der Waals surface area contributed by atoms with Gasteiger partial charge in [-0.1, -0.05) is 26.7 Å². The third-order valence-electron chi connectivity index (χ3n) is 3.62. The van der Waals surface area contributed by atoms with Gasteiger partial charge in [-0.05, 0) is 31.4 Å². The van der Waals surface area contributed by atoms with Crippen molar-refractivity contribution in [3.8, 4) is 0 Å². The molecule has 17 heavy (non-hydrogen) atoms. The van der Waals surface area contributed by atoms with E-state index in [0.717, 1.165) is 11.8 Å². The molecule has 0 aliphatic carbocycles. The maximum absolute atomic E-state index is 4.50. The first-order valence-corrected chi connectivity index (χ1v) is 7.76. The van der Waals surface area contributed by atoms with Crippen molar-refractivity contribution in [2.75, 3.05) is 26.9 Å². The van der Waals surface area contributed by atoms with Gasteiger partial charge in [0.2, 0.25) is 0 Å². The van der Waals surface area contributed by atoms with Crippen LogP contribution in [0.3, 0.4) is 0 Å². The molecule has 2 nitrogen and oxygen atoms in total. The predicted molar refractivity (Wildman–Crippen MR) is 82.3 cm³/mol. The van der Waals surface area contributed by atoms with Gasteiger partial charge in [-0.25, -0.2) is 0 Å². The van der Waals surface area contributed by atoms with Crippen molar-refractivity contribution in [1.82, 2.24) is 4.90 Å². The zero-order valence-electron chi connectivity index (χ0n) is 12.2. The zero-order chi connectivity index (χ0) is 13.3. The molecule has 0 N–H and O–H groups in total. The fourth-order valence-corrected chi connectivity index (χ4v) is 2.90. The highest BCUT2D eigenvalue weighted by Gasteiger charge is 2.31. The van der Waals surface area contributed by atoms with E-state index in [-0.39, 0.29) is 0 Å². The standard InChI is InChI=1S/C13H26N2.CH4S/c1-5-7-11-9-10-15(4)13(14-3)12(11)8-6-2;1-2/h11-12H,5-10H2,1-4H3;2H,1H3. The summed E-state index contributed by atoms with van der Waals surface area (Å²) in [7, 11) is 4.13. The van der Waals surface area contributed by atoms with Gasteiger partial charge < -0.3 is 4.90 Å². The number of aliphatic imine (C=N–C) groups is 1. The van der Waals surface area contributed by atoms with Crippen molar-refractivity contribution in [3.63, 3.8) is 0 Å². The minimum Gasteiger partial charge on any atom is -0.363 e. The van der Waals surface area contributed by atoms with Crippen molar-refractivity contribution in [2.24, 2.45) is 16.8 Å². The van der Waals surface area contributed by atoms with Crippen LogP contribution in [0, 0.1) is 11.8 Å². The van der Waals surface area contributed by atoms with E-state index in [1.165, 1.54) is 44.5 Å². The summed E-state index contributed by atoms with van der Waals surface area (Å²) in [4.78, 5) is 6.86. The lowest BCUT2D eigenvalue weighted by molar-refractivity contribution is 0.252. The normalized spacial score (nSPS) is 26.7. The monoisotopic (exact) mass is 258 g/mol. The molecule has 1 fully saturated rings. The molecule has 1 rings (SSSR count). The second-order valence-electron chi connectivity index (χ2n) is 4.74. The Bertz CT molecular complexity index is 216. The highest BCUT2D eigenvalue weighted by molar-refractivity contribution is 7.79. The lowest BCUT2D eigenvalue weighted by atomic mass is 9.79. The van der Waals surface area contributed by atoms with E-state index in [1.807, 2.05) is 7.05 Å². The Morgan fingerprint density at radius 1 is 1.24 bits per heavy atom. The molecule has 1 aliphatic heterocycles. The Kier molecular flexibility index (Phi) is 9.71. The van der Waals surface area contributed by atoms with Crippen molar-refractivity contribution < 1.29 is 0 Å². The average Bonchev–Trinajstić information content (AvgIpc) is 2.36. The smallest absolute Gasteiger partial charge is 0.102 e. The Labute approximate surface area is 113 Å². The van der Waals surface area contributed by atoms with Gasteiger partial charge >= 0.3 is 0 Å². The van der Waals surface area contributed by atoms with Crippen LogP contribution < -0.4 is 0 Å². The summed E-state index contributed by atoms with van der Waals surface area (Å²) in [5.41, 5.74) is 0. The summed E-state index contributed by atoms with van der Waals surface area (Å²) in [6.07, 6.45) is 8.32. The van der Waals surface area contributed by atoms with Crippen LogP contribution in [-0.4, -0.2) is 37.6 Å². The minimum absolute atomic E-state index is 0.721. The first kappa shape index (κ1) is 16.8. The van der Waals surface area contributed by atoms with Crippen LogP contribution in [0.5, 0.6) is 0 Å². The molecular formula is C14H30N2S. The number of hydrogen-bond donors (Lipinski definition) is 1. The van der Waals surface area contributed by atoms with Crippen LogP contribution in [0.1, 0.15) is 46.0 Å². The van der Waals surface area contributed by atoms with Crippen molar-refractivity contribution in [1.29, 1.82) is 0 Å². The van der Waals surface area contributed by atoms with Crippen molar-refractivity contribution >= 4 is 18.5 Å². The number of amidine groups is 1. The van der Waals surface area contributed by atoms with E-state index < -0.39 is 0 Å². The van der Waals surface area contributed by atoms with Gasteiger partial charge in [0, 0.05) is 26.6 Å². The van der Waals surface area contributed by atoms with E-state index in [9.17, 15) is 0 Å². The van der Waals surface area contributed by atoms with E-state index >= 15 is 0 Å². The summed E-state index contributed by atoms with van der Waals surface area (Å²) < 4.78 is 0. The van der Waals surface area contributed by atoms with Crippen LogP contribution in [0.2, 0.25) is 0 Å². The van der Waals surface area contributed by atoms with Gasteiger partial charge in [0.15, 0.2) is 0 Å². The highest BCUT2D eigenvalue weighted by Crippen LogP contribution is 2.31. The fraction of sp³-hybridized carbons (Fsp3) is 0.929. The summed E-state index contributed by atoms with van der Waals surface area (Å²) >= 11 is 3.53. The third-order valence-corrected chi connectivity index (χ3v) is 3.62. The largest absolute Gasteiger partial charge is 0.363 e. The topological polar surface area (TPSA) is 15.6 Å². The lowest BCUT2D eigenvalue weighted by Crippen LogP contribution is -2.43. The van der Waals surface area contributed by atoms with Gasteiger partial charge in [0.1, 0.15) is 5.84 Å². The number of nitrogens with zero attached hydrogens (tertiary/aromatic N) is 2. The molecule has 0 aromatic rings. The molecular weight excluding hydrogens is 228 g/mol. The molecule has 1 heterocycles. The zero-order valence-corrected chi connectivity index (χ0v) is 13.1. The number of rotatable bonds is 4. The molecule has 0 radical (unpaired) electrons. The molecule has 3 heteroatoms. The Morgan fingerprint density at radius 2 is 1.82 bits per heavy atom. The number of piperidine rings is 1. The molecule has 0 aromatic heterocycles. The van der Waals surface area contributed by atoms with Crippen LogP contribution in [0.4, 0.5) is 0 Å². The quantitative estimate of drug-likeness (QED) is 0.760. The first-order valence-electron chi connectivity index (χ1n) is 6.87. The van der Waals surface area contributed by atoms with E-state index in [0.29, 0.717) is 0 Å². The summed E-state index contributed by atoms with van der Waals surface area (Å²) in [5, 5.41) is 0. The number of hydrogen-bond acceptors (Lipinski definition) is 2. The second-order valence-corrected chi connectivity index (χ2v) is 4.74. The Morgan fingerprint density at radius 3 is 2.29 bits per heavy atom. The Balaban J connectivity index is 0.00000121. The van der Waals surface area contributed by atoms with Crippen molar-refractivity contribution in [2.45, 2.75) is 46.0 Å². The van der Waals surface area contributed by atoms with Gasteiger partial charge in [0.05, 0.1) is 0 Å². The van der Waals surface area contributed by atoms with Crippen LogP contribution in [0.15, 0.2) is 4.99 Å². The van der Waals surface area contributed by atoms with E-state index in [4.69, 9.17) is 0 Å².